The first kappa shape index (κ1) is 23.1. The van der Waals surface area contributed by atoms with E-state index < -0.39 is 0 Å². The van der Waals surface area contributed by atoms with Crippen LogP contribution in [-0.4, -0.2) is 56.5 Å². The Balaban J connectivity index is 1.38. The van der Waals surface area contributed by atoms with Crippen LogP contribution in [0.5, 0.6) is 0 Å². The maximum Gasteiger partial charge on any atom is 0.247 e. The number of hydrogen-bond acceptors (Lipinski definition) is 7. The zero-order chi connectivity index (χ0) is 25.1. The van der Waals surface area contributed by atoms with Crippen LogP contribution >= 0.6 is 0 Å². The third kappa shape index (κ3) is 4.51. The number of nitrogens with one attached hydrogen (secondary N) is 1. The summed E-state index contributed by atoms with van der Waals surface area (Å²) >= 11 is 0. The number of nitrogens with zero attached hydrogens (tertiary/aromatic N) is 8. The summed E-state index contributed by atoms with van der Waals surface area (Å²) in [7, 11) is 0. The number of carbonyl (C=O) groups is 1. The molecule has 10 nitrogen and oxygen atoms in total. The first-order chi connectivity index (χ1) is 17.6. The van der Waals surface area contributed by atoms with Crippen molar-refractivity contribution < 1.29 is 4.79 Å². The van der Waals surface area contributed by atoms with Crippen molar-refractivity contribution in [3.05, 3.63) is 67.4 Å². The molecule has 0 bridgehead atoms. The number of hydrogen-bond donors (Lipinski definition) is 1. The molecule has 4 aromatic rings. The van der Waals surface area contributed by atoms with Crippen LogP contribution in [0.1, 0.15) is 18.9 Å². The van der Waals surface area contributed by atoms with Crippen LogP contribution < -0.4 is 15.1 Å². The highest BCUT2D eigenvalue weighted by Gasteiger charge is 2.23. The van der Waals surface area contributed by atoms with Crippen molar-refractivity contribution in [3.8, 4) is 17.2 Å². The van der Waals surface area contributed by atoms with Crippen molar-refractivity contribution in [2.45, 2.75) is 19.9 Å². The molecule has 10 heteroatoms. The summed E-state index contributed by atoms with van der Waals surface area (Å²) in [6.45, 7) is 9.53. The van der Waals surface area contributed by atoms with Gasteiger partial charge in [0, 0.05) is 56.2 Å². The number of piperazine rings is 1. The smallest absolute Gasteiger partial charge is 0.247 e. The highest BCUT2D eigenvalue weighted by atomic mass is 16.1. The van der Waals surface area contributed by atoms with E-state index in [-0.39, 0.29) is 5.91 Å². The molecule has 0 aliphatic carbocycles. The molecule has 1 fully saturated rings. The summed E-state index contributed by atoms with van der Waals surface area (Å²) < 4.78 is 3.74. The van der Waals surface area contributed by atoms with E-state index >= 15 is 0 Å². The highest BCUT2D eigenvalue weighted by Crippen LogP contribution is 2.32. The Morgan fingerprint density at radius 3 is 2.61 bits per heavy atom. The number of rotatable bonds is 7. The maximum absolute atomic E-state index is 11.5. The van der Waals surface area contributed by atoms with Crippen molar-refractivity contribution >= 4 is 28.6 Å². The third-order valence-electron chi connectivity index (χ3n) is 6.28. The van der Waals surface area contributed by atoms with Crippen LogP contribution in [0.3, 0.4) is 0 Å². The number of anilines is 3. The van der Waals surface area contributed by atoms with E-state index in [9.17, 15) is 10.1 Å². The first-order valence-corrected chi connectivity index (χ1v) is 11.9. The summed E-state index contributed by atoms with van der Waals surface area (Å²) in [5, 5.41) is 21.3. The standard InChI is InChI=1S/C26H27N9O/c1-3-7-34-17-21(15-29-34)19-12-23(26-20(13-27)14-30-35(26)18-19)32-8-10-33(11-9-32)24-6-5-22(16-28-24)31-25(36)4-2/h4-6,12,14-18H,2-3,7-11H2,1H3,(H,31,36). The first-order valence-electron chi connectivity index (χ1n) is 11.9. The molecule has 1 saturated heterocycles. The number of aromatic nitrogens is 5. The van der Waals surface area contributed by atoms with Crippen LogP contribution in [0.2, 0.25) is 0 Å². The molecule has 5 heterocycles. The molecule has 0 spiro atoms. The average molecular weight is 482 g/mol. The number of pyridine rings is 2. The molecule has 0 saturated carbocycles. The fraction of sp³-hybridized carbons (Fsp3) is 0.269. The van der Waals surface area contributed by atoms with Gasteiger partial charge in [0.15, 0.2) is 0 Å². The summed E-state index contributed by atoms with van der Waals surface area (Å²) in [4.78, 5) is 20.5. The lowest BCUT2D eigenvalue weighted by Crippen LogP contribution is -2.47. The molecule has 182 valence electrons. The van der Waals surface area contributed by atoms with E-state index in [2.05, 4.69) is 55.9 Å². The number of amides is 1. The van der Waals surface area contributed by atoms with Gasteiger partial charge in [0.1, 0.15) is 17.4 Å². The van der Waals surface area contributed by atoms with Crippen LogP contribution in [0.4, 0.5) is 17.2 Å². The summed E-state index contributed by atoms with van der Waals surface area (Å²) in [5.74, 6) is 0.594. The van der Waals surface area contributed by atoms with Gasteiger partial charge in [-0.05, 0) is 30.7 Å². The van der Waals surface area contributed by atoms with E-state index in [1.54, 1.807) is 16.9 Å². The van der Waals surface area contributed by atoms with Gasteiger partial charge in [0.2, 0.25) is 5.91 Å². The lowest BCUT2D eigenvalue weighted by molar-refractivity contribution is -0.111. The molecule has 0 radical (unpaired) electrons. The Labute approximate surface area is 209 Å². The summed E-state index contributed by atoms with van der Waals surface area (Å²) in [6.07, 6.45) is 11.4. The summed E-state index contributed by atoms with van der Waals surface area (Å²) in [6, 6.07) is 8.17. The Morgan fingerprint density at radius 2 is 1.92 bits per heavy atom. The minimum absolute atomic E-state index is 0.263. The minimum Gasteiger partial charge on any atom is -0.366 e. The summed E-state index contributed by atoms with van der Waals surface area (Å²) in [5.41, 5.74) is 5.02. The molecule has 0 unspecified atom stereocenters. The molecular formula is C26H27N9O. The molecule has 1 N–H and O–H groups in total. The molecule has 1 amide bonds. The second-order valence-electron chi connectivity index (χ2n) is 8.64. The molecule has 1 aliphatic heterocycles. The Kier molecular flexibility index (Phi) is 6.36. The van der Waals surface area contributed by atoms with Crippen molar-refractivity contribution in [1.29, 1.82) is 5.26 Å². The van der Waals surface area contributed by atoms with Gasteiger partial charge in [-0.3, -0.25) is 9.48 Å². The topological polar surface area (TPSA) is 107 Å². The number of aryl methyl sites for hydroxylation is 1. The molecule has 1 aliphatic rings. The van der Waals surface area contributed by atoms with E-state index in [0.717, 1.165) is 67.3 Å². The molecular weight excluding hydrogens is 454 g/mol. The van der Waals surface area contributed by atoms with Gasteiger partial charge in [-0.25, -0.2) is 9.50 Å². The largest absolute Gasteiger partial charge is 0.366 e. The Bertz CT molecular complexity index is 1440. The molecule has 0 atom stereocenters. The Morgan fingerprint density at radius 1 is 1.11 bits per heavy atom. The fourth-order valence-corrected chi connectivity index (χ4v) is 4.46. The lowest BCUT2D eigenvalue weighted by Gasteiger charge is -2.37. The van der Waals surface area contributed by atoms with Gasteiger partial charge in [-0.1, -0.05) is 13.5 Å². The van der Waals surface area contributed by atoms with E-state index in [1.807, 2.05) is 35.4 Å². The van der Waals surface area contributed by atoms with Gasteiger partial charge in [-0.15, -0.1) is 0 Å². The molecule has 4 aromatic heterocycles. The number of fused-ring (bicyclic) bond motifs is 1. The normalized spacial score (nSPS) is 13.6. The molecule has 0 aromatic carbocycles. The third-order valence-corrected chi connectivity index (χ3v) is 6.28. The van der Waals surface area contributed by atoms with E-state index in [4.69, 9.17) is 0 Å². The lowest BCUT2D eigenvalue weighted by atomic mass is 10.1. The highest BCUT2D eigenvalue weighted by molar-refractivity contribution is 5.98. The molecule has 36 heavy (non-hydrogen) atoms. The zero-order valence-corrected chi connectivity index (χ0v) is 20.1. The van der Waals surface area contributed by atoms with Gasteiger partial charge in [0.25, 0.3) is 0 Å². The number of nitriles is 1. The van der Waals surface area contributed by atoms with Crippen molar-refractivity contribution in [2.24, 2.45) is 0 Å². The van der Waals surface area contributed by atoms with Crippen molar-refractivity contribution in [2.75, 3.05) is 41.3 Å². The Hall–Kier alpha value is -4.65. The zero-order valence-electron chi connectivity index (χ0n) is 20.1. The monoisotopic (exact) mass is 481 g/mol. The van der Waals surface area contributed by atoms with Gasteiger partial charge < -0.3 is 15.1 Å². The predicted molar refractivity (Wildman–Crippen MR) is 139 cm³/mol. The average Bonchev–Trinajstić information content (AvgIpc) is 3.56. The van der Waals surface area contributed by atoms with E-state index in [0.29, 0.717) is 11.3 Å². The van der Waals surface area contributed by atoms with Gasteiger partial charge in [-0.2, -0.15) is 15.5 Å². The van der Waals surface area contributed by atoms with E-state index in [1.165, 1.54) is 6.08 Å². The fourth-order valence-electron chi connectivity index (χ4n) is 4.46. The SMILES string of the molecule is C=CC(=O)Nc1ccc(N2CCN(c3cc(-c4cnn(CCC)c4)cn4ncc(C#N)c34)CC2)nc1. The second kappa shape index (κ2) is 9.92. The van der Waals surface area contributed by atoms with Crippen molar-refractivity contribution in [3.63, 3.8) is 0 Å². The van der Waals surface area contributed by atoms with Gasteiger partial charge in [0.05, 0.1) is 35.5 Å². The van der Waals surface area contributed by atoms with Gasteiger partial charge >= 0.3 is 0 Å². The number of carbonyl (C=O) groups excluding carboxylic acids is 1. The minimum atomic E-state index is -0.263. The van der Waals surface area contributed by atoms with Crippen molar-refractivity contribution in [1.82, 2.24) is 24.4 Å². The molecule has 5 rings (SSSR count). The van der Waals surface area contributed by atoms with Crippen LogP contribution in [0, 0.1) is 11.3 Å². The van der Waals surface area contributed by atoms with Crippen LogP contribution in [0.15, 0.2) is 61.8 Å². The van der Waals surface area contributed by atoms with Crippen LogP contribution in [-0.2, 0) is 11.3 Å². The maximum atomic E-state index is 11.5. The van der Waals surface area contributed by atoms with Crippen LogP contribution in [0.25, 0.3) is 16.6 Å². The predicted octanol–water partition coefficient (Wildman–Crippen LogP) is 3.33. The quantitative estimate of drug-likeness (QED) is 0.404. The second-order valence-corrected chi connectivity index (χ2v) is 8.64.